The zero-order valence-electron chi connectivity index (χ0n) is 16.1. The highest BCUT2D eigenvalue weighted by atomic mass is 35.5. The number of hydrogen-bond acceptors (Lipinski definition) is 7. The van der Waals surface area contributed by atoms with E-state index in [-0.39, 0.29) is 40.4 Å². The van der Waals surface area contributed by atoms with E-state index < -0.39 is 23.9 Å². The number of aromatic nitrogens is 3. The van der Waals surface area contributed by atoms with Crippen LogP contribution in [0.3, 0.4) is 0 Å². The number of esters is 1. The second-order valence-electron chi connectivity index (χ2n) is 7.01. The Kier molecular flexibility index (Phi) is 5.91. The van der Waals surface area contributed by atoms with Gasteiger partial charge in [0.15, 0.2) is 0 Å². The fraction of sp³-hybridized carbons (Fsp3) is 0.556. The molecule has 0 aliphatic carbocycles. The van der Waals surface area contributed by atoms with Crippen LogP contribution in [-0.4, -0.2) is 51.8 Å². The van der Waals surface area contributed by atoms with Crippen LogP contribution in [0.2, 0.25) is 5.02 Å². The van der Waals surface area contributed by atoms with Gasteiger partial charge in [-0.1, -0.05) is 18.5 Å². The number of fused-ring (bicyclic) bond motifs is 1. The number of anilines is 1. The zero-order chi connectivity index (χ0) is 21.3. The van der Waals surface area contributed by atoms with Crippen molar-refractivity contribution in [1.82, 2.24) is 14.6 Å². The Morgan fingerprint density at radius 1 is 1.59 bits per heavy atom. The van der Waals surface area contributed by atoms with Gasteiger partial charge >= 0.3 is 5.97 Å². The molecule has 1 saturated heterocycles. The van der Waals surface area contributed by atoms with Crippen molar-refractivity contribution in [3.63, 3.8) is 0 Å². The number of rotatable bonds is 5. The molecule has 8 nitrogen and oxygen atoms in total. The molecule has 1 aliphatic rings. The van der Waals surface area contributed by atoms with Gasteiger partial charge in [0.1, 0.15) is 17.7 Å². The Labute approximate surface area is 170 Å². The van der Waals surface area contributed by atoms with Gasteiger partial charge in [-0.2, -0.15) is 5.26 Å². The second kappa shape index (κ2) is 8.08. The normalized spacial score (nSPS) is 20.9. The molecule has 11 heteroatoms. The van der Waals surface area contributed by atoms with Gasteiger partial charge in [0.25, 0.3) is 5.92 Å². The number of nitrogens with one attached hydrogen (secondary N) is 1. The summed E-state index contributed by atoms with van der Waals surface area (Å²) in [6.07, 6.45) is 1.36. The predicted octanol–water partition coefficient (Wildman–Crippen LogP) is 3.15. The minimum absolute atomic E-state index is 0.00830. The summed E-state index contributed by atoms with van der Waals surface area (Å²) in [6.45, 7) is 4.06. The van der Waals surface area contributed by atoms with Crippen LogP contribution in [0.5, 0.6) is 0 Å². The summed E-state index contributed by atoms with van der Waals surface area (Å²) in [4.78, 5) is 15.5. The number of carbonyl (C=O) groups excluding carboxylic acids is 1. The lowest BCUT2D eigenvalue weighted by molar-refractivity contribution is -0.153. The fourth-order valence-corrected chi connectivity index (χ4v) is 3.48. The number of nitrogens with zero attached hydrogens (tertiary/aromatic N) is 4. The van der Waals surface area contributed by atoms with Crippen LogP contribution in [0.25, 0.3) is 5.52 Å². The molecule has 0 spiro atoms. The number of halogens is 3. The molecule has 3 atom stereocenters. The first-order valence-electron chi connectivity index (χ1n) is 9.00. The van der Waals surface area contributed by atoms with E-state index in [2.05, 4.69) is 15.4 Å². The average Bonchev–Trinajstić information content (AvgIpc) is 2.92. The lowest BCUT2D eigenvalue weighted by Crippen LogP contribution is -2.44. The maximum Gasteiger partial charge on any atom is 0.303 e. The van der Waals surface area contributed by atoms with Crippen molar-refractivity contribution in [2.24, 2.45) is 0 Å². The summed E-state index contributed by atoms with van der Waals surface area (Å²) in [5.74, 6) is -4.72. The van der Waals surface area contributed by atoms with Crippen LogP contribution in [0.15, 0.2) is 6.20 Å². The van der Waals surface area contributed by atoms with Gasteiger partial charge in [0, 0.05) is 20.5 Å². The molecule has 29 heavy (non-hydrogen) atoms. The van der Waals surface area contributed by atoms with Gasteiger partial charge < -0.3 is 14.8 Å². The number of carbonyl (C=O) groups is 1. The highest BCUT2D eigenvalue weighted by Crippen LogP contribution is 2.39. The molecule has 3 rings (SSSR count). The van der Waals surface area contributed by atoms with Gasteiger partial charge in [-0.25, -0.2) is 18.3 Å². The smallest absolute Gasteiger partial charge is 0.303 e. The van der Waals surface area contributed by atoms with Crippen LogP contribution < -0.4 is 5.32 Å². The van der Waals surface area contributed by atoms with E-state index in [9.17, 15) is 18.8 Å². The minimum atomic E-state index is -3.09. The highest BCUT2D eigenvalue weighted by molar-refractivity contribution is 6.35. The third kappa shape index (κ3) is 4.26. The van der Waals surface area contributed by atoms with Crippen LogP contribution in [0, 0.1) is 11.3 Å². The van der Waals surface area contributed by atoms with Gasteiger partial charge in [0.05, 0.1) is 41.0 Å². The topological polar surface area (TPSA) is 102 Å². The van der Waals surface area contributed by atoms with E-state index in [0.29, 0.717) is 13.0 Å². The van der Waals surface area contributed by atoms with Gasteiger partial charge in [-0.05, 0) is 6.42 Å². The Balaban J connectivity index is 2.01. The number of nitriles is 1. The monoisotopic (exact) mass is 427 g/mol. The van der Waals surface area contributed by atoms with E-state index in [1.54, 1.807) is 0 Å². The molecule has 0 bridgehead atoms. The number of alkyl halides is 2. The van der Waals surface area contributed by atoms with Crippen molar-refractivity contribution in [2.75, 3.05) is 18.5 Å². The summed E-state index contributed by atoms with van der Waals surface area (Å²) >= 11 is 6.22. The molecule has 0 aromatic carbocycles. The molecule has 1 fully saturated rings. The predicted molar refractivity (Wildman–Crippen MR) is 100 cm³/mol. The summed E-state index contributed by atoms with van der Waals surface area (Å²) in [5, 5.41) is 16.8. The van der Waals surface area contributed by atoms with Crippen molar-refractivity contribution < 1.29 is 23.0 Å². The molecule has 1 aliphatic heterocycles. The quantitative estimate of drug-likeness (QED) is 0.731. The molecule has 0 amide bonds. The third-order valence-electron chi connectivity index (χ3n) is 4.88. The standard InChI is InChI=1S/C18H20ClF2N5O3/c1-9(18(3,20)21)16-11(6-22)15(19)13-7-23-17(25-26(13)16)24-12-4-5-28-8-14(12)29-10(2)27/h7,9,12,14H,4-5,8H2,1-3H3,(H,24,25). The minimum Gasteiger partial charge on any atom is -0.458 e. The first-order chi connectivity index (χ1) is 13.6. The molecule has 1 N–H and O–H groups in total. The van der Waals surface area contributed by atoms with Crippen LogP contribution in [0.4, 0.5) is 14.7 Å². The van der Waals surface area contributed by atoms with Gasteiger partial charge in [0.2, 0.25) is 5.95 Å². The number of ether oxygens (including phenoxy) is 2. The number of hydrogen-bond donors (Lipinski definition) is 1. The Hall–Kier alpha value is -2.51. The average molecular weight is 428 g/mol. The van der Waals surface area contributed by atoms with E-state index in [1.807, 2.05) is 6.07 Å². The maximum atomic E-state index is 14.0. The van der Waals surface area contributed by atoms with Crippen molar-refractivity contribution in [2.45, 2.75) is 51.2 Å². The van der Waals surface area contributed by atoms with Gasteiger partial charge in [-0.15, -0.1) is 5.10 Å². The molecule has 3 unspecified atom stereocenters. The molecular formula is C18H20ClF2N5O3. The van der Waals surface area contributed by atoms with E-state index in [4.69, 9.17) is 21.1 Å². The van der Waals surface area contributed by atoms with Gasteiger partial charge in [-0.3, -0.25) is 4.79 Å². The molecule has 156 valence electrons. The third-order valence-corrected chi connectivity index (χ3v) is 5.26. The summed E-state index contributed by atoms with van der Waals surface area (Å²) in [6, 6.07) is 1.57. The summed E-state index contributed by atoms with van der Waals surface area (Å²) in [5.41, 5.74) is 0.202. The molecular weight excluding hydrogens is 408 g/mol. The van der Waals surface area contributed by atoms with Crippen molar-refractivity contribution >= 4 is 29.0 Å². The summed E-state index contributed by atoms with van der Waals surface area (Å²) in [7, 11) is 0. The molecule has 2 aromatic rings. The maximum absolute atomic E-state index is 14.0. The van der Waals surface area contributed by atoms with Crippen molar-refractivity contribution in [1.29, 1.82) is 5.26 Å². The Morgan fingerprint density at radius 3 is 2.93 bits per heavy atom. The fourth-order valence-electron chi connectivity index (χ4n) is 3.22. The second-order valence-corrected chi connectivity index (χ2v) is 7.38. The SMILES string of the molecule is CC(=O)OC1COCCC1Nc1ncc2c(Cl)c(C#N)c(C(C)C(C)(F)F)n2n1. The zero-order valence-corrected chi connectivity index (χ0v) is 16.8. The van der Waals surface area contributed by atoms with Crippen molar-refractivity contribution in [3.05, 3.63) is 22.5 Å². The molecule has 3 heterocycles. The van der Waals surface area contributed by atoms with Crippen molar-refractivity contribution in [3.8, 4) is 6.07 Å². The van der Waals surface area contributed by atoms with Crippen LogP contribution in [0.1, 0.15) is 44.4 Å². The Bertz CT molecular complexity index is 969. The van der Waals surface area contributed by atoms with E-state index in [0.717, 1.165) is 6.92 Å². The first kappa shape index (κ1) is 21.2. The lowest BCUT2D eigenvalue weighted by atomic mass is 9.98. The Morgan fingerprint density at radius 2 is 2.31 bits per heavy atom. The van der Waals surface area contributed by atoms with E-state index >= 15 is 0 Å². The molecule has 0 saturated carbocycles. The first-order valence-corrected chi connectivity index (χ1v) is 9.37. The molecule has 0 radical (unpaired) electrons. The van der Waals surface area contributed by atoms with E-state index in [1.165, 1.54) is 24.6 Å². The van der Waals surface area contributed by atoms with Crippen LogP contribution >= 0.6 is 11.6 Å². The lowest BCUT2D eigenvalue weighted by Gasteiger charge is -2.31. The summed E-state index contributed by atoms with van der Waals surface area (Å²) < 4.78 is 39.8. The largest absolute Gasteiger partial charge is 0.458 e. The molecule has 2 aromatic heterocycles. The highest BCUT2D eigenvalue weighted by Gasteiger charge is 2.37. The van der Waals surface area contributed by atoms with Crippen LogP contribution in [-0.2, 0) is 14.3 Å².